The fourth-order valence-corrected chi connectivity index (χ4v) is 2.12. The monoisotopic (exact) mass is 307 g/mol. The van der Waals surface area contributed by atoms with E-state index in [9.17, 15) is 0 Å². The molecule has 0 radical (unpaired) electrons. The summed E-state index contributed by atoms with van der Waals surface area (Å²) in [6, 6.07) is 10.5. The molecule has 0 aliphatic rings. The summed E-state index contributed by atoms with van der Waals surface area (Å²) in [4.78, 5) is 0. The van der Waals surface area contributed by atoms with Gasteiger partial charge < -0.3 is 5.32 Å². The molecule has 0 saturated carbocycles. The Hall–Kier alpha value is -1.13. The number of hydrogen-bond donors (Lipinski definition) is 1. The van der Waals surface area contributed by atoms with E-state index in [1.165, 1.54) is 11.3 Å². The maximum absolute atomic E-state index is 4.17. The van der Waals surface area contributed by atoms with Crippen LogP contribution < -0.4 is 5.32 Å². The molecule has 1 aromatic heterocycles. The number of aromatic nitrogens is 2. The second-order valence-electron chi connectivity index (χ2n) is 4.93. The lowest BCUT2D eigenvalue weighted by Crippen LogP contribution is -2.36. The van der Waals surface area contributed by atoms with E-state index in [4.69, 9.17) is 0 Å². The average molecular weight is 308 g/mol. The Morgan fingerprint density at radius 2 is 1.89 bits per heavy atom. The molecule has 4 heteroatoms. The fraction of sp³-hybridized carbons (Fsp3) is 0.357. The van der Waals surface area contributed by atoms with Crippen molar-refractivity contribution in [1.82, 2.24) is 15.1 Å². The number of nitrogens with one attached hydrogen (secondary N) is 1. The van der Waals surface area contributed by atoms with Gasteiger partial charge in [-0.15, -0.1) is 0 Å². The lowest BCUT2D eigenvalue weighted by Gasteiger charge is -2.27. The van der Waals surface area contributed by atoms with Gasteiger partial charge in [-0.25, -0.2) is 0 Å². The van der Waals surface area contributed by atoms with Gasteiger partial charge in [0.15, 0.2) is 0 Å². The number of aryl methyl sites for hydroxylation is 1. The van der Waals surface area contributed by atoms with Gasteiger partial charge in [0.05, 0.1) is 5.69 Å². The first kappa shape index (κ1) is 13.3. The van der Waals surface area contributed by atoms with Crippen molar-refractivity contribution < 1.29 is 0 Å². The van der Waals surface area contributed by atoms with Gasteiger partial charge in [-0.1, -0.05) is 28.1 Å². The molecule has 1 aromatic carbocycles. The molecule has 2 rings (SSSR count). The van der Waals surface area contributed by atoms with Crippen molar-refractivity contribution in [2.45, 2.75) is 25.9 Å². The van der Waals surface area contributed by atoms with Gasteiger partial charge in [-0.3, -0.25) is 4.68 Å². The fourth-order valence-electron chi connectivity index (χ4n) is 1.85. The Kier molecular flexibility index (Phi) is 3.88. The van der Waals surface area contributed by atoms with Crippen LogP contribution in [0.5, 0.6) is 0 Å². The third-order valence-electron chi connectivity index (χ3n) is 3.20. The molecule has 0 atom stereocenters. The molecule has 0 aliphatic carbocycles. The van der Waals surface area contributed by atoms with Gasteiger partial charge >= 0.3 is 0 Å². The molecule has 0 unspecified atom stereocenters. The normalized spacial score (nSPS) is 11.8. The van der Waals surface area contributed by atoms with Crippen LogP contribution in [0.15, 0.2) is 41.0 Å². The second kappa shape index (κ2) is 5.24. The quantitative estimate of drug-likeness (QED) is 0.940. The van der Waals surface area contributed by atoms with Gasteiger partial charge in [0.2, 0.25) is 0 Å². The Bertz CT molecular complexity index is 514. The SMILES string of the molecule is Cn1nccc1CNC(C)(C)c1ccc(Br)cc1. The van der Waals surface area contributed by atoms with Crippen LogP contribution in [0.2, 0.25) is 0 Å². The molecule has 0 saturated heterocycles. The lowest BCUT2D eigenvalue weighted by molar-refractivity contribution is 0.394. The van der Waals surface area contributed by atoms with Crippen molar-refractivity contribution in [2.24, 2.45) is 7.05 Å². The molecule has 96 valence electrons. The molecular weight excluding hydrogens is 290 g/mol. The number of rotatable bonds is 4. The molecule has 2 aromatic rings. The molecule has 1 N–H and O–H groups in total. The molecule has 0 spiro atoms. The summed E-state index contributed by atoms with van der Waals surface area (Å²) in [5, 5.41) is 7.73. The third-order valence-corrected chi connectivity index (χ3v) is 3.73. The lowest BCUT2D eigenvalue weighted by atomic mass is 9.94. The number of nitrogens with zero attached hydrogens (tertiary/aromatic N) is 2. The predicted molar refractivity (Wildman–Crippen MR) is 77.2 cm³/mol. The van der Waals surface area contributed by atoms with E-state index in [0.29, 0.717) is 0 Å². The molecular formula is C14H18BrN3. The van der Waals surface area contributed by atoms with Crippen LogP contribution in [0.3, 0.4) is 0 Å². The van der Waals surface area contributed by atoms with E-state index in [-0.39, 0.29) is 5.54 Å². The van der Waals surface area contributed by atoms with Crippen molar-refractivity contribution in [1.29, 1.82) is 0 Å². The minimum absolute atomic E-state index is 0.0645. The molecule has 0 bridgehead atoms. The average Bonchev–Trinajstić information content (AvgIpc) is 2.73. The molecule has 0 amide bonds. The summed E-state index contributed by atoms with van der Waals surface area (Å²) in [6.45, 7) is 5.18. The van der Waals surface area contributed by atoms with Crippen LogP contribution >= 0.6 is 15.9 Å². The van der Waals surface area contributed by atoms with Crippen LogP contribution in [-0.2, 0) is 19.1 Å². The van der Waals surface area contributed by atoms with Crippen molar-refractivity contribution >= 4 is 15.9 Å². The minimum Gasteiger partial charge on any atom is -0.302 e. The molecule has 18 heavy (non-hydrogen) atoms. The molecule has 3 nitrogen and oxygen atoms in total. The highest BCUT2D eigenvalue weighted by Crippen LogP contribution is 2.22. The van der Waals surface area contributed by atoms with Crippen molar-refractivity contribution in [2.75, 3.05) is 0 Å². The molecule has 0 fully saturated rings. The molecule has 1 heterocycles. The van der Waals surface area contributed by atoms with Crippen molar-refractivity contribution in [3.8, 4) is 0 Å². The summed E-state index contributed by atoms with van der Waals surface area (Å²) in [5.41, 5.74) is 2.39. The zero-order chi connectivity index (χ0) is 13.2. The van der Waals surface area contributed by atoms with Crippen LogP contribution in [0, 0.1) is 0 Å². The predicted octanol–water partition coefficient (Wildman–Crippen LogP) is 3.21. The van der Waals surface area contributed by atoms with Crippen LogP contribution in [0.1, 0.15) is 25.1 Å². The van der Waals surface area contributed by atoms with E-state index in [0.717, 1.165) is 11.0 Å². The Labute approximate surface area is 116 Å². The van der Waals surface area contributed by atoms with Crippen molar-refractivity contribution in [3.05, 3.63) is 52.3 Å². The first-order valence-electron chi connectivity index (χ1n) is 5.97. The van der Waals surface area contributed by atoms with Gasteiger partial charge in [-0.2, -0.15) is 5.10 Å². The molecule has 0 aliphatic heterocycles. The van der Waals surface area contributed by atoms with Gasteiger partial charge in [0.25, 0.3) is 0 Å². The van der Waals surface area contributed by atoms with Gasteiger partial charge in [-0.05, 0) is 37.6 Å². The van der Waals surface area contributed by atoms with Crippen molar-refractivity contribution in [3.63, 3.8) is 0 Å². The number of halogens is 1. The van der Waals surface area contributed by atoms with E-state index in [1.807, 2.05) is 24.0 Å². The largest absolute Gasteiger partial charge is 0.302 e. The van der Waals surface area contributed by atoms with Gasteiger partial charge in [0.1, 0.15) is 0 Å². The maximum Gasteiger partial charge on any atom is 0.0519 e. The smallest absolute Gasteiger partial charge is 0.0519 e. The summed E-state index contributed by atoms with van der Waals surface area (Å²) >= 11 is 3.46. The Morgan fingerprint density at radius 3 is 2.44 bits per heavy atom. The topological polar surface area (TPSA) is 29.9 Å². The third kappa shape index (κ3) is 3.00. The van der Waals surface area contributed by atoms with E-state index in [1.54, 1.807) is 0 Å². The van der Waals surface area contributed by atoms with Crippen LogP contribution in [0.25, 0.3) is 0 Å². The standard InChI is InChI=1S/C14H18BrN3/c1-14(2,11-4-6-12(15)7-5-11)16-10-13-8-9-17-18(13)3/h4-9,16H,10H2,1-3H3. The van der Waals surface area contributed by atoms with E-state index >= 15 is 0 Å². The summed E-state index contributed by atoms with van der Waals surface area (Å²) in [7, 11) is 1.96. The highest BCUT2D eigenvalue weighted by molar-refractivity contribution is 9.10. The zero-order valence-corrected chi connectivity index (χ0v) is 12.5. The number of benzene rings is 1. The summed E-state index contributed by atoms with van der Waals surface area (Å²) in [5.74, 6) is 0. The zero-order valence-electron chi connectivity index (χ0n) is 10.9. The van der Waals surface area contributed by atoms with Gasteiger partial charge in [0, 0.05) is 29.8 Å². The minimum atomic E-state index is -0.0645. The second-order valence-corrected chi connectivity index (χ2v) is 5.85. The Morgan fingerprint density at radius 1 is 1.22 bits per heavy atom. The van der Waals surface area contributed by atoms with Crippen LogP contribution in [0.4, 0.5) is 0 Å². The van der Waals surface area contributed by atoms with Crippen LogP contribution in [-0.4, -0.2) is 9.78 Å². The van der Waals surface area contributed by atoms with E-state index in [2.05, 4.69) is 64.5 Å². The first-order valence-corrected chi connectivity index (χ1v) is 6.76. The maximum atomic E-state index is 4.17. The number of hydrogen-bond acceptors (Lipinski definition) is 2. The Balaban J connectivity index is 2.07. The summed E-state index contributed by atoms with van der Waals surface area (Å²) in [6.07, 6.45) is 1.82. The highest BCUT2D eigenvalue weighted by Gasteiger charge is 2.19. The highest BCUT2D eigenvalue weighted by atomic mass is 79.9. The van der Waals surface area contributed by atoms with E-state index < -0.39 is 0 Å². The first-order chi connectivity index (χ1) is 8.49. The summed E-state index contributed by atoms with van der Waals surface area (Å²) < 4.78 is 3.00.